The fourth-order valence-electron chi connectivity index (χ4n) is 2.34. The summed E-state index contributed by atoms with van der Waals surface area (Å²) >= 11 is 0. The van der Waals surface area contributed by atoms with E-state index >= 15 is 0 Å². The van der Waals surface area contributed by atoms with Crippen LogP contribution in [0.5, 0.6) is 0 Å². The van der Waals surface area contributed by atoms with Crippen LogP contribution in [0.2, 0.25) is 0 Å². The second-order valence-electron chi connectivity index (χ2n) is 5.41. The maximum Gasteiger partial charge on any atom is 0.407 e. The summed E-state index contributed by atoms with van der Waals surface area (Å²) in [5.41, 5.74) is 2.18. The van der Waals surface area contributed by atoms with Crippen LogP contribution >= 0.6 is 0 Å². The molecule has 1 aromatic carbocycles. The summed E-state index contributed by atoms with van der Waals surface area (Å²) < 4.78 is 36.9. The number of hydrogen-bond acceptors (Lipinski definition) is 3. The maximum absolute atomic E-state index is 11.3. The molecule has 3 rings (SSSR count). The van der Waals surface area contributed by atoms with E-state index in [1.165, 1.54) is 0 Å². The fraction of sp³-hybridized carbons (Fsp3) is 0.438. The smallest absolute Gasteiger partial charge is 0.407 e. The summed E-state index contributed by atoms with van der Waals surface area (Å²) in [6.07, 6.45) is -0.353. The van der Waals surface area contributed by atoms with Crippen LogP contribution < -0.4 is 5.32 Å². The molecular weight excluding hydrogens is 266 g/mol. The lowest BCUT2D eigenvalue weighted by atomic mass is 10.0. The van der Waals surface area contributed by atoms with E-state index < -0.39 is 25.1 Å². The number of rotatable bonds is 5. The van der Waals surface area contributed by atoms with Gasteiger partial charge >= 0.3 is 6.09 Å². The van der Waals surface area contributed by atoms with Crippen molar-refractivity contribution in [2.75, 3.05) is 27.2 Å². The molecule has 0 spiro atoms. The SMILES string of the molecule is [2H]C([2H])(CN(C)C)c1c[nH]c2ccc(C[C@@H]3NC(=O)OC3([2H])[2H])cc12. The Morgan fingerprint density at radius 2 is 2.38 bits per heavy atom. The summed E-state index contributed by atoms with van der Waals surface area (Å²) in [5, 5.41) is 3.24. The van der Waals surface area contributed by atoms with E-state index in [0.29, 0.717) is 5.56 Å². The molecule has 112 valence electrons. The van der Waals surface area contributed by atoms with Crippen molar-refractivity contribution >= 4 is 17.0 Å². The standard InChI is InChI=1S/C16H21N3O2/c1-19(2)6-5-12-9-17-15-4-3-11(8-14(12)15)7-13-10-21-16(20)18-13/h3-4,8-9,13,17H,5-7,10H2,1-2H3,(H,18,20)/t13-/m0/s1/i5D2,10D2. The van der Waals surface area contributed by atoms with Gasteiger partial charge in [0.2, 0.25) is 0 Å². The molecule has 0 unspecified atom stereocenters. The second kappa shape index (κ2) is 5.77. The first-order valence-corrected chi connectivity index (χ1v) is 6.83. The van der Waals surface area contributed by atoms with Crippen molar-refractivity contribution in [1.82, 2.24) is 15.2 Å². The number of nitrogens with one attached hydrogen (secondary N) is 2. The number of benzene rings is 1. The molecule has 1 aliphatic rings. The van der Waals surface area contributed by atoms with Gasteiger partial charge in [-0.3, -0.25) is 0 Å². The van der Waals surface area contributed by atoms with Gasteiger partial charge in [-0.25, -0.2) is 4.79 Å². The number of aromatic amines is 1. The van der Waals surface area contributed by atoms with E-state index in [0.717, 1.165) is 16.5 Å². The summed E-state index contributed by atoms with van der Waals surface area (Å²) in [6, 6.07) is 4.74. The van der Waals surface area contributed by atoms with Crippen LogP contribution in [0.4, 0.5) is 4.79 Å². The van der Waals surface area contributed by atoms with Gasteiger partial charge in [-0.1, -0.05) is 6.07 Å². The largest absolute Gasteiger partial charge is 0.447 e. The van der Waals surface area contributed by atoms with E-state index in [1.807, 2.05) is 32.3 Å². The van der Waals surface area contributed by atoms with Crippen molar-refractivity contribution in [3.8, 4) is 0 Å². The highest BCUT2D eigenvalue weighted by Crippen LogP contribution is 2.21. The van der Waals surface area contributed by atoms with Gasteiger partial charge in [-0.15, -0.1) is 0 Å². The predicted octanol–water partition coefficient (Wildman–Crippen LogP) is 1.92. The van der Waals surface area contributed by atoms with Gasteiger partial charge in [-0.2, -0.15) is 0 Å². The third-order valence-corrected chi connectivity index (χ3v) is 3.36. The summed E-state index contributed by atoms with van der Waals surface area (Å²) in [7, 11) is 3.64. The lowest BCUT2D eigenvalue weighted by Crippen LogP contribution is -2.28. The van der Waals surface area contributed by atoms with Crippen LogP contribution in [0.1, 0.15) is 16.6 Å². The minimum Gasteiger partial charge on any atom is -0.447 e. The Hall–Kier alpha value is -2.01. The van der Waals surface area contributed by atoms with Gasteiger partial charge < -0.3 is 19.9 Å². The number of fused-ring (bicyclic) bond motifs is 1. The van der Waals surface area contributed by atoms with Crippen LogP contribution in [0.25, 0.3) is 10.9 Å². The molecule has 0 saturated carbocycles. The molecule has 1 aliphatic heterocycles. The first kappa shape index (κ1) is 9.84. The van der Waals surface area contributed by atoms with Crippen LogP contribution in [0, 0.1) is 0 Å². The summed E-state index contributed by atoms with van der Waals surface area (Å²) in [4.78, 5) is 16.2. The summed E-state index contributed by atoms with van der Waals surface area (Å²) in [5.74, 6) is 0. The third kappa shape index (κ3) is 3.19. The first-order chi connectivity index (χ1) is 11.6. The van der Waals surface area contributed by atoms with Crippen LogP contribution in [0.15, 0.2) is 24.4 Å². The lowest BCUT2D eigenvalue weighted by Gasteiger charge is -2.09. The number of alkyl carbamates (subject to hydrolysis) is 1. The number of hydrogen-bond donors (Lipinski definition) is 2. The molecule has 1 amide bonds. The fourth-order valence-corrected chi connectivity index (χ4v) is 2.34. The number of H-pyrrole nitrogens is 1. The number of carbonyl (C=O) groups is 1. The van der Waals surface area contributed by atoms with Crippen molar-refractivity contribution in [2.24, 2.45) is 0 Å². The highest BCUT2D eigenvalue weighted by molar-refractivity contribution is 5.84. The molecule has 1 fully saturated rings. The van der Waals surface area contributed by atoms with E-state index in [9.17, 15) is 4.79 Å². The molecule has 5 nitrogen and oxygen atoms in total. The quantitative estimate of drug-likeness (QED) is 0.885. The molecule has 2 aromatic rings. The molecule has 0 bridgehead atoms. The zero-order valence-electron chi connectivity index (χ0n) is 16.1. The summed E-state index contributed by atoms with van der Waals surface area (Å²) in [6.45, 7) is -1.81. The molecule has 5 heteroatoms. The average molecular weight is 291 g/mol. The normalized spacial score (nSPS) is 24.1. The molecule has 2 N–H and O–H groups in total. The lowest BCUT2D eigenvalue weighted by molar-refractivity contribution is 0.177. The Morgan fingerprint density at radius 1 is 1.52 bits per heavy atom. The molecule has 1 saturated heterocycles. The molecular formula is C16H21N3O2. The minimum absolute atomic E-state index is 0.249. The van der Waals surface area contributed by atoms with Crippen molar-refractivity contribution in [1.29, 1.82) is 0 Å². The van der Waals surface area contributed by atoms with E-state index in [2.05, 4.69) is 15.0 Å². The zero-order valence-corrected chi connectivity index (χ0v) is 12.1. The zero-order chi connectivity index (χ0) is 18.4. The second-order valence-corrected chi connectivity index (χ2v) is 5.41. The molecule has 1 aromatic heterocycles. The van der Waals surface area contributed by atoms with Gasteiger partial charge in [0.1, 0.15) is 6.56 Å². The van der Waals surface area contributed by atoms with Crippen LogP contribution in [0.3, 0.4) is 0 Å². The molecule has 1 atom stereocenters. The first-order valence-electron chi connectivity index (χ1n) is 8.83. The number of aromatic nitrogens is 1. The number of carbonyl (C=O) groups excluding carboxylic acids is 1. The number of cyclic esters (lactones) is 1. The Balaban J connectivity index is 1.92. The van der Waals surface area contributed by atoms with E-state index in [-0.39, 0.29) is 13.0 Å². The minimum atomic E-state index is -2.06. The van der Waals surface area contributed by atoms with Crippen molar-refractivity contribution in [3.05, 3.63) is 35.5 Å². The number of likely N-dealkylation sites (N-methyl/N-ethyl adjacent to an activating group) is 1. The van der Waals surface area contributed by atoms with E-state index in [1.54, 1.807) is 11.1 Å². The van der Waals surface area contributed by atoms with Crippen LogP contribution in [-0.2, 0) is 17.5 Å². The van der Waals surface area contributed by atoms with Gasteiger partial charge in [0.05, 0.1) is 8.78 Å². The Kier molecular flexibility index (Phi) is 2.71. The average Bonchev–Trinajstić information content (AvgIpc) is 2.98. The molecule has 2 heterocycles. The number of nitrogens with zero attached hydrogens (tertiary/aromatic N) is 1. The number of ether oxygens (including phenoxy) is 1. The highest BCUT2D eigenvalue weighted by atomic mass is 16.6. The van der Waals surface area contributed by atoms with Crippen molar-refractivity contribution in [2.45, 2.75) is 18.8 Å². The van der Waals surface area contributed by atoms with Crippen molar-refractivity contribution < 1.29 is 15.0 Å². The topological polar surface area (TPSA) is 57.4 Å². The van der Waals surface area contributed by atoms with Gasteiger partial charge in [0.25, 0.3) is 0 Å². The highest BCUT2D eigenvalue weighted by Gasteiger charge is 2.22. The van der Waals surface area contributed by atoms with Crippen molar-refractivity contribution in [3.63, 3.8) is 0 Å². The van der Waals surface area contributed by atoms with Gasteiger partial charge in [0.15, 0.2) is 0 Å². The molecule has 0 radical (unpaired) electrons. The maximum atomic E-state index is 11.3. The Bertz CT molecular complexity index is 804. The van der Waals surface area contributed by atoms with E-state index in [4.69, 9.17) is 5.48 Å². The number of amides is 1. The molecule has 21 heavy (non-hydrogen) atoms. The Labute approximate surface area is 129 Å². The monoisotopic (exact) mass is 291 g/mol. The van der Waals surface area contributed by atoms with Gasteiger partial charge in [-0.05, 0) is 50.1 Å². The third-order valence-electron chi connectivity index (χ3n) is 3.36. The predicted molar refractivity (Wildman–Crippen MR) is 82.5 cm³/mol. The van der Waals surface area contributed by atoms with Gasteiger partial charge in [0, 0.05) is 26.4 Å². The molecule has 0 aliphatic carbocycles. The van der Waals surface area contributed by atoms with Crippen LogP contribution in [-0.4, -0.2) is 49.2 Å². The Morgan fingerprint density at radius 3 is 3.10 bits per heavy atom.